The van der Waals surface area contributed by atoms with Gasteiger partial charge in [0.1, 0.15) is 0 Å². The van der Waals surface area contributed by atoms with E-state index in [4.69, 9.17) is 0 Å². The molecule has 0 aromatic carbocycles. The molecule has 1 aliphatic carbocycles. The predicted molar refractivity (Wildman–Crippen MR) is 50.2 cm³/mol. The van der Waals surface area contributed by atoms with Gasteiger partial charge in [-0.05, 0) is 32.7 Å². The lowest BCUT2D eigenvalue weighted by Crippen LogP contribution is -2.51. The maximum absolute atomic E-state index is 11.6. The summed E-state index contributed by atoms with van der Waals surface area (Å²) in [7, 11) is 0. The molecule has 1 saturated carbocycles. The second-order valence-corrected chi connectivity index (χ2v) is 3.89. The zero-order valence-corrected chi connectivity index (χ0v) is 8.15. The highest BCUT2D eigenvalue weighted by Crippen LogP contribution is 2.24. The van der Waals surface area contributed by atoms with E-state index < -0.39 is 0 Å². The van der Waals surface area contributed by atoms with Crippen molar-refractivity contribution in [3.8, 4) is 0 Å². The molecule has 0 amide bonds. The average molecular weight is 169 g/mol. The summed E-state index contributed by atoms with van der Waals surface area (Å²) in [5, 5.41) is 3.35. The second kappa shape index (κ2) is 4.04. The maximum Gasteiger partial charge on any atom is 0.152 e. The average Bonchev–Trinajstić information content (AvgIpc) is 2.07. The fourth-order valence-corrected chi connectivity index (χ4v) is 1.77. The highest BCUT2D eigenvalue weighted by Gasteiger charge is 2.33. The summed E-state index contributed by atoms with van der Waals surface area (Å²) in [4.78, 5) is 11.6. The van der Waals surface area contributed by atoms with Crippen LogP contribution in [0.2, 0.25) is 0 Å². The van der Waals surface area contributed by atoms with E-state index in [9.17, 15) is 4.79 Å². The van der Waals surface area contributed by atoms with Gasteiger partial charge in [0.2, 0.25) is 0 Å². The highest BCUT2D eigenvalue weighted by atomic mass is 16.1. The van der Waals surface area contributed by atoms with Crippen LogP contribution in [0.1, 0.15) is 46.0 Å². The SMILES string of the molecule is CCCNC1(C)CCCCC1=O. The van der Waals surface area contributed by atoms with Crippen molar-refractivity contribution in [3.63, 3.8) is 0 Å². The Hall–Kier alpha value is -0.370. The van der Waals surface area contributed by atoms with Crippen LogP contribution in [0.25, 0.3) is 0 Å². The fraction of sp³-hybridized carbons (Fsp3) is 0.900. The topological polar surface area (TPSA) is 29.1 Å². The normalized spacial score (nSPS) is 30.7. The first-order valence-electron chi connectivity index (χ1n) is 4.97. The molecule has 0 aliphatic heterocycles. The smallest absolute Gasteiger partial charge is 0.152 e. The zero-order valence-electron chi connectivity index (χ0n) is 8.15. The predicted octanol–water partition coefficient (Wildman–Crippen LogP) is 1.89. The largest absolute Gasteiger partial charge is 0.305 e. The van der Waals surface area contributed by atoms with E-state index in [-0.39, 0.29) is 5.54 Å². The van der Waals surface area contributed by atoms with Crippen LogP contribution in [-0.4, -0.2) is 17.9 Å². The third kappa shape index (κ3) is 2.07. The van der Waals surface area contributed by atoms with Gasteiger partial charge in [0, 0.05) is 6.42 Å². The van der Waals surface area contributed by atoms with Crippen LogP contribution in [0.3, 0.4) is 0 Å². The lowest BCUT2D eigenvalue weighted by atomic mass is 9.82. The highest BCUT2D eigenvalue weighted by molar-refractivity contribution is 5.88. The molecular weight excluding hydrogens is 150 g/mol. The maximum atomic E-state index is 11.6. The van der Waals surface area contributed by atoms with Crippen molar-refractivity contribution >= 4 is 5.78 Å². The molecule has 1 fully saturated rings. The Balaban J connectivity index is 2.48. The van der Waals surface area contributed by atoms with Crippen LogP contribution in [-0.2, 0) is 4.79 Å². The molecule has 0 spiro atoms. The Morgan fingerprint density at radius 3 is 2.83 bits per heavy atom. The molecule has 1 rings (SSSR count). The number of hydrogen-bond donors (Lipinski definition) is 1. The van der Waals surface area contributed by atoms with Crippen molar-refractivity contribution in [2.75, 3.05) is 6.54 Å². The van der Waals surface area contributed by atoms with Gasteiger partial charge in [-0.1, -0.05) is 13.3 Å². The molecule has 12 heavy (non-hydrogen) atoms. The summed E-state index contributed by atoms with van der Waals surface area (Å²) >= 11 is 0. The minimum absolute atomic E-state index is 0.200. The van der Waals surface area contributed by atoms with E-state index in [0.717, 1.165) is 32.2 Å². The van der Waals surface area contributed by atoms with Crippen molar-refractivity contribution in [2.45, 2.75) is 51.5 Å². The molecule has 2 nitrogen and oxygen atoms in total. The summed E-state index contributed by atoms with van der Waals surface area (Å²) in [5.41, 5.74) is -0.200. The van der Waals surface area contributed by atoms with E-state index in [1.807, 2.05) is 6.92 Å². The van der Waals surface area contributed by atoms with Gasteiger partial charge in [0.25, 0.3) is 0 Å². The van der Waals surface area contributed by atoms with E-state index in [2.05, 4.69) is 12.2 Å². The molecule has 0 aromatic heterocycles. The van der Waals surface area contributed by atoms with Crippen molar-refractivity contribution in [2.24, 2.45) is 0 Å². The third-order valence-electron chi connectivity index (χ3n) is 2.71. The summed E-state index contributed by atoms with van der Waals surface area (Å²) in [6.45, 7) is 5.13. The summed E-state index contributed by atoms with van der Waals surface area (Å²) in [6.07, 6.45) is 5.17. The zero-order chi connectivity index (χ0) is 9.03. The van der Waals surface area contributed by atoms with E-state index in [1.54, 1.807) is 0 Å². The van der Waals surface area contributed by atoms with E-state index >= 15 is 0 Å². The van der Waals surface area contributed by atoms with Crippen molar-refractivity contribution in [1.29, 1.82) is 0 Å². The molecular formula is C10H19NO. The number of carbonyl (C=O) groups is 1. The minimum atomic E-state index is -0.200. The lowest BCUT2D eigenvalue weighted by Gasteiger charge is -2.33. The van der Waals surface area contributed by atoms with Gasteiger partial charge >= 0.3 is 0 Å². The Morgan fingerprint density at radius 2 is 2.25 bits per heavy atom. The third-order valence-corrected chi connectivity index (χ3v) is 2.71. The van der Waals surface area contributed by atoms with Crippen molar-refractivity contribution in [3.05, 3.63) is 0 Å². The Morgan fingerprint density at radius 1 is 1.50 bits per heavy atom. The van der Waals surface area contributed by atoms with Gasteiger partial charge in [0.15, 0.2) is 5.78 Å². The van der Waals surface area contributed by atoms with Gasteiger partial charge in [-0.25, -0.2) is 0 Å². The Kier molecular flexibility index (Phi) is 3.27. The molecule has 70 valence electrons. The quantitative estimate of drug-likeness (QED) is 0.699. The number of nitrogens with one attached hydrogen (secondary N) is 1. The number of carbonyl (C=O) groups excluding carboxylic acids is 1. The molecule has 0 saturated heterocycles. The molecule has 1 aliphatic rings. The number of ketones is 1. The summed E-state index contributed by atoms with van der Waals surface area (Å²) in [5.74, 6) is 0.405. The number of Topliss-reactive ketones (excluding diaryl/α,β-unsaturated/α-hetero) is 1. The van der Waals surface area contributed by atoms with Gasteiger partial charge in [-0.2, -0.15) is 0 Å². The molecule has 1 unspecified atom stereocenters. The molecule has 2 heteroatoms. The second-order valence-electron chi connectivity index (χ2n) is 3.89. The molecule has 1 atom stereocenters. The molecule has 1 N–H and O–H groups in total. The van der Waals surface area contributed by atoms with Crippen LogP contribution in [0.5, 0.6) is 0 Å². The van der Waals surface area contributed by atoms with Gasteiger partial charge in [-0.3, -0.25) is 4.79 Å². The fourth-order valence-electron chi connectivity index (χ4n) is 1.77. The minimum Gasteiger partial charge on any atom is -0.305 e. The lowest BCUT2D eigenvalue weighted by molar-refractivity contribution is -0.126. The van der Waals surface area contributed by atoms with Gasteiger partial charge < -0.3 is 5.32 Å². The van der Waals surface area contributed by atoms with Gasteiger partial charge in [-0.15, -0.1) is 0 Å². The van der Waals surface area contributed by atoms with Crippen LogP contribution in [0.4, 0.5) is 0 Å². The molecule has 0 radical (unpaired) electrons. The molecule has 0 aromatic rings. The first-order valence-corrected chi connectivity index (χ1v) is 4.97. The standard InChI is InChI=1S/C10H19NO/c1-3-8-11-10(2)7-5-4-6-9(10)12/h11H,3-8H2,1-2H3. The first-order chi connectivity index (χ1) is 5.69. The van der Waals surface area contributed by atoms with E-state index in [1.165, 1.54) is 6.42 Å². The van der Waals surface area contributed by atoms with E-state index in [0.29, 0.717) is 5.78 Å². The first kappa shape index (κ1) is 9.72. The molecule has 0 heterocycles. The number of hydrogen-bond acceptors (Lipinski definition) is 2. The number of rotatable bonds is 3. The van der Waals surface area contributed by atoms with Crippen LogP contribution in [0.15, 0.2) is 0 Å². The van der Waals surface area contributed by atoms with Crippen molar-refractivity contribution in [1.82, 2.24) is 5.32 Å². The molecule has 0 bridgehead atoms. The monoisotopic (exact) mass is 169 g/mol. The Bertz CT molecular complexity index is 167. The van der Waals surface area contributed by atoms with Gasteiger partial charge in [0.05, 0.1) is 5.54 Å². The Labute approximate surface area is 74.7 Å². The van der Waals surface area contributed by atoms with Crippen LogP contribution < -0.4 is 5.32 Å². The van der Waals surface area contributed by atoms with Crippen LogP contribution >= 0.6 is 0 Å². The van der Waals surface area contributed by atoms with Crippen molar-refractivity contribution < 1.29 is 4.79 Å². The summed E-state index contributed by atoms with van der Waals surface area (Å²) < 4.78 is 0. The van der Waals surface area contributed by atoms with Crippen LogP contribution in [0, 0.1) is 0 Å². The summed E-state index contributed by atoms with van der Waals surface area (Å²) in [6, 6.07) is 0.